The summed E-state index contributed by atoms with van der Waals surface area (Å²) in [5.74, 6) is 0. The fraction of sp³-hybridized carbons (Fsp3) is 0.0847. The minimum atomic E-state index is 0.0359. The Morgan fingerprint density at radius 1 is 0.422 bits per heavy atom. The van der Waals surface area contributed by atoms with Crippen LogP contribution in [-0.2, 0) is 5.41 Å². The van der Waals surface area contributed by atoms with Crippen molar-refractivity contribution in [1.82, 2.24) is 0 Å². The lowest BCUT2D eigenvalue weighted by Crippen LogP contribution is -2.61. The Bertz CT molecular complexity index is 3460. The number of benzene rings is 9. The van der Waals surface area contributed by atoms with E-state index in [9.17, 15) is 0 Å². The summed E-state index contributed by atoms with van der Waals surface area (Å²) in [7, 11) is 0. The quantitative estimate of drug-likeness (QED) is 0.160. The molecule has 0 N–H and O–H groups in total. The highest BCUT2D eigenvalue weighted by Gasteiger charge is 2.47. The van der Waals surface area contributed by atoms with Gasteiger partial charge in [0, 0.05) is 76.8 Å². The average molecular weight is 836 g/mol. The molecule has 2 aliphatic carbocycles. The van der Waals surface area contributed by atoms with Crippen molar-refractivity contribution in [3.05, 3.63) is 217 Å². The van der Waals surface area contributed by atoms with Crippen LogP contribution in [0.4, 0.5) is 51.2 Å². The Morgan fingerprint density at radius 3 is 1.84 bits per heavy atom. The van der Waals surface area contributed by atoms with Gasteiger partial charge in [0.15, 0.2) is 0 Å². The van der Waals surface area contributed by atoms with E-state index in [4.69, 9.17) is 0 Å². The van der Waals surface area contributed by atoms with E-state index in [2.05, 4.69) is 221 Å². The molecule has 14 rings (SSSR count). The van der Waals surface area contributed by atoms with Crippen molar-refractivity contribution in [2.45, 2.75) is 31.1 Å². The van der Waals surface area contributed by atoms with Gasteiger partial charge in [-0.25, -0.2) is 0 Å². The SMILES string of the molecule is c1ccc(N(c2ccccc2)c2ccc3c(c2)N(c2ccc4c(c2)C2(CCCC2)c2ccccc2-4)c2cccc4c2B3c2ccccc2N4c2ccc3c(c2)sc2ccccc23)cc1. The second-order valence-electron chi connectivity index (χ2n) is 18.0. The van der Waals surface area contributed by atoms with Crippen LogP contribution in [-0.4, -0.2) is 6.71 Å². The van der Waals surface area contributed by atoms with Gasteiger partial charge in [0.25, 0.3) is 6.71 Å². The summed E-state index contributed by atoms with van der Waals surface area (Å²) < 4.78 is 2.64. The van der Waals surface area contributed by atoms with Crippen LogP contribution >= 0.6 is 11.3 Å². The predicted octanol–water partition coefficient (Wildman–Crippen LogP) is 14.4. The standard InChI is InChI=1S/C59H42BN3S/c1-3-16-39(17-4-1)61(40-18-5-2-6-19-40)42-30-33-51-55(37-42)63(41-28-31-45-44-20-7-9-22-48(44)59(49(45)36-41)34-13-14-35-59)54-26-15-25-53-58(54)60(51)50-23-10-11-24-52(50)62(53)43-29-32-47-46-21-8-12-27-56(46)64-57(47)38-43/h1-12,15-33,36-38H,13-14,34-35H2. The summed E-state index contributed by atoms with van der Waals surface area (Å²) in [6.07, 6.45) is 4.92. The number of anilines is 9. The topological polar surface area (TPSA) is 9.72 Å². The summed E-state index contributed by atoms with van der Waals surface area (Å²) in [6.45, 7) is 0.0359. The minimum absolute atomic E-state index is 0.0359. The smallest absolute Gasteiger partial charge is 0.252 e. The van der Waals surface area contributed by atoms with E-state index in [0.29, 0.717) is 0 Å². The van der Waals surface area contributed by atoms with Gasteiger partial charge in [0.05, 0.1) is 0 Å². The number of hydrogen-bond acceptors (Lipinski definition) is 4. The maximum Gasteiger partial charge on any atom is 0.252 e. The van der Waals surface area contributed by atoms with Gasteiger partial charge in [0.1, 0.15) is 0 Å². The monoisotopic (exact) mass is 835 g/mol. The third-order valence-electron chi connectivity index (χ3n) is 14.8. The van der Waals surface area contributed by atoms with Crippen LogP contribution in [0.2, 0.25) is 0 Å². The molecule has 4 aliphatic rings. The van der Waals surface area contributed by atoms with E-state index in [0.717, 1.165) is 17.1 Å². The molecule has 302 valence electrons. The van der Waals surface area contributed by atoms with Gasteiger partial charge in [-0.1, -0.05) is 134 Å². The van der Waals surface area contributed by atoms with E-state index in [-0.39, 0.29) is 12.1 Å². The predicted molar refractivity (Wildman–Crippen MR) is 273 cm³/mol. The molecule has 0 radical (unpaired) electrons. The molecule has 64 heavy (non-hydrogen) atoms. The van der Waals surface area contributed by atoms with Gasteiger partial charge in [-0.15, -0.1) is 11.3 Å². The lowest BCUT2D eigenvalue weighted by atomic mass is 9.33. The summed E-state index contributed by atoms with van der Waals surface area (Å²) in [5.41, 5.74) is 20.6. The first kappa shape index (κ1) is 36.2. The molecule has 2 aliphatic heterocycles. The van der Waals surface area contributed by atoms with Crippen molar-refractivity contribution in [1.29, 1.82) is 0 Å². The van der Waals surface area contributed by atoms with Gasteiger partial charge in [-0.3, -0.25) is 0 Å². The molecule has 3 heterocycles. The summed E-state index contributed by atoms with van der Waals surface area (Å²) >= 11 is 1.88. The molecule has 5 heteroatoms. The van der Waals surface area contributed by atoms with Crippen LogP contribution in [0.15, 0.2) is 206 Å². The van der Waals surface area contributed by atoms with Crippen LogP contribution < -0.4 is 31.1 Å². The third-order valence-corrected chi connectivity index (χ3v) is 15.9. The molecule has 1 saturated carbocycles. The second-order valence-corrected chi connectivity index (χ2v) is 19.0. The molecule has 0 atom stereocenters. The molecule has 1 spiro atoms. The number of para-hydroxylation sites is 3. The zero-order valence-corrected chi connectivity index (χ0v) is 36.1. The molecule has 0 saturated heterocycles. The van der Waals surface area contributed by atoms with Gasteiger partial charge < -0.3 is 14.7 Å². The molecule has 0 bridgehead atoms. The lowest BCUT2D eigenvalue weighted by Gasteiger charge is -2.44. The Kier molecular flexibility index (Phi) is 7.82. The molecular formula is C59H42BN3S. The highest BCUT2D eigenvalue weighted by atomic mass is 32.1. The molecule has 10 aromatic rings. The first-order chi connectivity index (χ1) is 31.7. The largest absolute Gasteiger partial charge is 0.311 e. The van der Waals surface area contributed by atoms with E-state index < -0.39 is 0 Å². The minimum Gasteiger partial charge on any atom is -0.311 e. The maximum absolute atomic E-state index is 2.61. The Hall–Kier alpha value is -7.34. The van der Waals surface area contributed by atoms with Crippen molar-refractivity contribution in [2.24, 2.45) is 0 Å². The zero-order chi connectivity index (χ0) is 41.9. The van der Waals surface area contributed by atoms with Crippen LogP contribution in [0, 0.1) is 0 Å². The van der Waals surface area contributed by atoms with Crippen molar-refractivity contribution >= 4 is 106 Å². The van der Waals surface area contributed by atoms with E-state index in [1.807, 2.05) is 11.3 Å². The number of thiophene rings is 1. The molecule has 1 aromatic heterocycles. The van der Waals surface area contributed by atoms with Crippen molar-refractivity contribution in [2.75, 3.05) is 14.7 Å². The van der Waals surface area contributed by atoms with Gasteiger partial charge in [0.2, 0.25) is 0 Å². The number of fused-ring (bicyclic) bond motifs is 12. The Morgan fingerprint density at radius 2 is 1.03 bits per heavy atom. The Balaban J connectivity index is 1.02. The molecule has 0 amide bonds. The lowest BCUT2D eigenvalue weighted by molar-refractivity contribution is 0.550. The van der Waals surface area contributed by atoms with Crippen LogP contribution in [0.1, 0.15) is 36.8 Å². The van der Waals surface area contributed by atoms with Crippen LogP contribution in [0.25, 0.3) is 31.3 Å². The fourth-order valence-electron chi connectivity index (χ4n) is 12.1. The van der Waals surface area contributed by atoms with Gasteiger partial charge >= 0.3 is 0 Å². The van der Waals surface area contributed by atoms with Crippen LogP contribution in [0.3, 0.4) is 0 Å². The second kappa shape index (κ2) is 13.8. The highest BCUT2D eigenvalue weighted by Crippen LogP contribution is 2.58. The van der Waals surface area contributed by atoms with E-state index in [1.165, 1.54) is 119 Å². The summed E-state index contributed by atoms with van der Waals surface area (Å²) in [5, 5.41) is 2.64. The maximum atomic E-state index is 2.61. The third kappa shape index (κ3) is 5.10. The number of nitrogens with zero attached hydrogens (tertiary/aromatic N) is 3. The van der Waals surface area contributed by atoms with Crippen molar-refractivity contribution in [3.8, 4) is 11.1 Å². The first-order valence-corrected chi connectivity index (χ1v) is 23.6. The van der Waals surface area contributed by atoms with Crippen LogP contribution in [0.5, 0.6) is 0 Å². The van der Waals surface area contributed by atoms with E-state index >= 15 is 0 Å². The van der Waals surface area contributed by atoms with E-state index in [1.54, 1.807) is 0 Å². The summed E-state index contributed by atoms with van der Waals surface area (Å²) in [4.78, 5) is 7.54. The normalized spacial score (nSPS) is 15.0. The Labute approximate surface area is 378 Å². The molecule has 0 unspecified atom stereocenters. The van der Waals surface area contributed by atoms with Gasteiger partial charge in [-0.05, 0) is 136 Å². The number of hydrogen-bond donors (Lipinski definition) is 0. The van der Waals surface area contributed by atoms with Crippen molar-refractivity contribution < 1.29 is 0 Å². The molecule has 9 aromatic carbocycles. The molecule has 1 fully saturated rings. The average Bonchev–Trinajstić information content (AvgIpc) is 4.07. The zero-order valence-electron chi connectivity index (χ0n) is 35.3. The summed E-state index contributed by atoms with van der Waals surface area (Å²) in [6, 6.07) is 77.5. The molecular weight excluding hydrogens is 794 g/mol. The molecule has 3 nitrogen and oxygen atoms in total. The fourth-order valence-corrected chi connectivity index (χ4v) is 13.3. The number of rotatable bonds is 5. The highest BCUT2D eigenvalue weighted by molar-refractivity contribution is 7.25. The van der Waals surface area contributed by atoms with Crippen molar-refractivity contribution in [3.63, 3.8) is 0 Å². The van der Waals surface area contributed by atoms with Gasteiger partial charge in [-0.2, -0.15) is 0 Å². The first-order valence-electron chi connectivity index (χ1n) is 22.8.